The van der Waals surface area contributed by atoms with Crippen LogP contribution in [0.1, 0.15) is 26.2 Å². The van der Waals surface area contributed by atoms with E-state index in [0.717, 1.165) is 12.0 Å². The molecule has 1 unspecified atom stereocenters. The number of rotatable bonds is 1. The van der Waals surface area contributed by atoms with Crippen molar-refractivity contribution in [2.24, 2.45) is 11.3 Å². The molecular formula is C12H11BrN2. The van der Waals surface area contributed by atoms with Gasteiger partial charge < -0.3 is 0 Å². The van der Waals surface area contributed by atoms with Crippen LogP contribution in [0, 0.1) is 34.0 Å². The van der Waals surface area contributed by atoms with Gasteiger partial charge in [-0.15, -0.1) is 0 Å². The van der Waals surface area contributed by atoms with Gasteiger partial charge in [0.15, 0.2) is 0 Å². The van der Waals surface area contributed by atoms with Gasteiger partial charge in [0.2, 0.25) is 0 Å². The highest BCUT2D eigenvalue weighted by Gasteiger charge is 2.49. The molecule has 0 aromatic heterocycles. The summed E-state index contributed by atoms with van der Waals surface area (Å²) in [6, 6.07) is 3.81. The normalized spacial score (nSPS) is 32.4. The van der Waals surface area contributed by atoms with E-state index in [1.165, 1.54) is 17.3 Å². The highest BCUT2D eigenvalue weighted by Crippen LogP contribution is 2.62. The van der Waals surface area contributed by atoms with Crippen molar-refractivity contribution in [2.75, 3.05) is 0 Å². The Kier molecular flexibility index (Phi) is 2.44. The molecule has 3 heteroatoms. The van der Waals surface area contributed by atoms with Crippen molar-refractivity contribution in [3.05, 3.63) is 21.7 Å². The van der Waals surface area contributed by atoms with E-state index in [1.54, 1.807) is 6.08 Å². The monoisotopic (exact) mass is 262 g/mol. The van der Waals surface area contributed by atoms with Crippen molar-refractivity contribution in [3.8, 4) is 12.1 Å². The molecule has 0 aromatic rings. The lowest BCUT2D eigenvalue weighted by Crippen LogP contribution is -2.33. The molecule has 1 saturated carbocycles. The second-order valence-electron chi connectivity index (χ2n) is 4.48. The summed E-state index contributed by atoms with van der Waals surface area (Å²) in [6.45, 7) is 2.25. The van der Waals surface area contributed by atoms with E-state index < -0.39 is 0 Å². The molecule has 1 fully saturated rings. The molecule has 0 bridgehead atoms. The van der Waals surface area contributed by atoms with Gasteiger partial charge in [-0.25, -0.2) is 0 Å². The van der Waals surface area contributed by atoms with Gasteiger partial charge in [0.1, 0.15) is 17.7 Å². The summed E-state index contributed by atoms with van der Waals surface area (Å²) >= 11 is 3.62. The minimum absolute atomic E-state index is 0.201. The fourth-order valence-electron chi connectivity index (χ4n) is 2.51. The molecule has 0 saturated heterocycles. The van der Waals surface area contributed by atoms with Crippen LogP contribution in [0.2, 0.25) is 0 Å². The van der Waals surface area contributed by atoms with Crippen molar-refractivity contribution in [3.63, 3.8) is 0 Å². The van der Waals surface area contributed by atoms with Crippen molar-refractivity contribution >= 4 is 15.9 Å². The van der Waals surface area contributed by atoms with Crippen LogP contribution in [-0.4, -0.2) is 0 Å². The third-order valence-electron chi connectivity index (χ3n) is 3.72. The first-order valence-electron chi connectivity index (χ1n) is 5.03. The SMILES string of the molecule is C[C@]12CCC1CC(C=C(C#N)C#N)=C2Br. The first-order valence-corrected chi connectivity index (χ1v) is 5.82. The first-order chi connectivity index (χ1) is 7.11. The zero-order chi connectivity index (χ0) is 11.1. The molecule has 15 heavy (non-hydrogen) atoms. The largest absolute Gasteiger partial charge is 0.192 e. The number of hydrogen-bond acceptors (Lipinski definition) is 2. The Morgan fingerprint density at radius 2 is 2.20 bits per heavy atom. The Morgan fingerprint density at radius 3 is 2.53 bits per heavy atom. The summed E-state index contributed by atoms with van der Waals surface area (Å²) < 4.78 is 1.20. The summed E-state index contributed by atoms with van der Waals surface area (Å²) in [5.41, 5.74) is 1.62. The molecule has 0 heterocycles. The topological polar surface area (TPSA) is 47.6 Å². The molecule has 0 N–H and O–H groups in total. The number of hydrogen-bond donors (Lipinski definition) is 0. The average Bonchev–Trinajstić information content (AvgIpc) is 2.39. The molecule has 76 valence electrons. The second-order valence-corrected chi connectivity index (χ2v) is 5.27. The highest BCUT2D eigenvalue weighted by molar-refractivity contribution is 9.11. The van der Waals surface area contributed by atoms with Crippen LogP contribution in [0.3, 0.4) is 0 Å². The van der Waals surface area contributed by atoms with Crippen molar-refractivity contribution in [1.82, 2.24) is 0 Å². The van der Waals surface area contributed by atoms with Crippen LogP contribution < -0.4 is 0 Å². The predicted octanol–water partition coefficient (Wildman–Crippen LogP) is 3.43. The maximum Gasteiger partial charge on any atom is 0.129 e. The lowest BCUT2D eigenvalue weighted by molar-refractivity contribution is 0.123. The number of fused-ring (bicyclic) bond motifs is 1. The summed E-state index contributed by atoms with van der Waals surface area (Å²) in [5, 5.41) is 17.4. The van der Waals surface area contributed by atoms with Crippen LogP contribution >= 0.6 is 15.9 Å². The van der Waals surface area contributed by atoms with Gasteiger partial charge in [-0.1, -0.05) is 22.9 Å². The van der Waals surface area contributed by atoms with Crippen LogP contribution in [-0.2, 0) is 0 Å². The maximum absolute atomic E-state index is 8.71. The number of nitrogens with zero attached hydrogens (tertiary/aromatic N) is 2. The summed E-state index contributed by atoms with van der Waals surface area (Å²) in [6.07, 6.45) is 5.21. The zero-order valence-electron chi connectivity index (χ0n) is 8.55. The minimum atomic E-state index is 0.201. The Bertz CT molecular complexity index is 431. The standard InChI is InChI=1S/C12H11BrN2/c1-12-3-2-10(12)5-9(11(12)13)4-8(6-14)7-15/h4,10H,2-3,5H2,1H3/t10?,12-/m0/s1. The van der Waals surface area contributed by atoms with E-state index in [1.807, 2.05) is 12.1 Å². The first kappa shape index (κ1) is 10.5. The van der Waals surface area contributed by atoms with Gasteiger partial charge in [0.25, 0.3) is 0 Å². The molecule has 0 amide bonds. The fourth-order valence-corrected chi connectivity index (χ4v) is 3.30. The zero-order valence-corrected chi connectivity index (χ0v) is 10.1. The van der Waals surface area contributed by atoms with E-state index in [0.29, 0.717) is 5.92 Å². The van der Waals surface area contributed by atoms with Crippen LogP contribution in [0.25, 0.3) is 0 Å². The predicted molar refractivity (Wildman–Crippen MR) is 60.7 cm³/mol. The van der Waals surface area contributed by atoms with E-state index in [9.17, 15) is 0 Å². The van der Waals surface area contributed by atoms with Crippen LogP contribution in [0.15, 0.2) is 21.7 Å². The van der Waals surface area contributed by atoms with Gasteiger partial charge >= 0.3 is 0 Å². The third-order valence-corrected chi connectivity index (χ3v) is 5.14. The molecule has 0 aromatic carbocycles. The quantitative estimate of drug-likeness (QED) is 0.680. The Morgan fingerprint density at radius 1 is 1.53 bits per heavy atom. The van der Waals surface area contributed by atoms with Gasteiger partial charge in [-0.3, -0.25) is 0 Å². The number of halogens is 1. The molecule has 0 spiro atoms. The average molecular weight is 263 g/mol. The highest BCUT2D eigenvalue weighted by atomic mass is 79.9. The molecule has 2 aliphatic rings. The summed E-state index contributed by atoms with van der Waals surface area (Å²) in [5.74, 6) is 0.705. The number of nitriles is 2. The molecular weight excluding hydrogens is 252 g/mol. The van der Waals surface area contributed by atoms with Gasteiger partial charge in [0.05, 0.1) is 0 Å². The Hall–Kier alpha value is -1.06. The van der Waals surface area contributed by atoms with Crippen LogP contribution in [0.4, 0.5) is 0 Å². The Balaban J connectivity index is 2.34. The molecule has 0 aliphatic heterocycles. The van der Waals surface area contributed by atoms with Gasteiger partial charge in [0, 0.05) is 9.90 Å². The molecule has 0 radical (unpaired) electrons. The van der Waals surface area contributed by atoms with Crippen molar-refractivity contribution in [1.29, 1.82) is 10.5 Å². The van der Waals surface area contributed by atoms with E-state index in [2.05, 4.69) is 22.9 Å². The third kappa shape index (κ3) is 1.43. The smallest absolute Gasteiger partial charge is 0.129 e. The van der Waals surface area contributed by atoms with E-state index >= 15 is 0 Å². The van der Waals surface area contributed by atoms with Crippen LogP contribution in [0.5, 0.6) is 0 Å². The Labute approximate surface area is 98.0 Å². The van der Waals surface area contributed by atoms with E-state index in [-0.39, 0.29) is 11.0 Å². The second kappa shape index (κ2) is 3.51. The van der Waals surface area contributed by atoms with Gasteiger partial charge in [-0.05, 0) is 36.8 Å². The molecule has 2 aliphatic carbocycles. The van der Waals surface area contributed by atoms with Crippen molar-refractivity contribution < 1.29 is 0 Å². The fraction of sp³-hybridized carbons (Fsp3) is 0.500. The lowest BCUT2D eigenvalue weighted by Gasteiger charge is -2.43. The molecule has 2 rings (SSSR count). The lowest BCUT2D eigenvalue weighted by atomic mass is 9.63. The van der Waals surface area contributed by atoms with Crippen molar-refractivity contribution in [2.45, 2.75) is 26.2 Å². The summed E-state index contributed by atoms with van der Waals surface area (Å²) in [4.78, 5) is 0. The molecule has 2 atom stereocenters. The maximum atomic E-state index is 8.71. The minimum Gasteiger partial charge on any atom is -0.192 e. The van der Waals surface area contributed by atoms with Gasteiger partial charge in [-0.2, -0.15) is 10.5 Å². The van der Waals surface area contributed by atoms with E-state index in [4.69, 9.17) is 10.5 Å². The summed E-state index contributed by atoms with van der Waals surface area (Å²) in [7, 11) is 0. The number of allylic oxidation sites excluding steroid dienone is 4. The molecule has 2 nitrogen and oxygen atoms in total.